The minimum atomic E-state index is -0.667. The van der Waals surface area contributed by atoms with Gasteiger partial charge in [-0.05, 0) is 53.2 Å². The monoisotopic (exact) mass is 343 g/mol. The van der Waals surface area contributed by atoms with Crippen LogP contribution in [-0.2, 0) is 4.79 Å². The molecule has 1 aliphatic carbocycles. The number of carboxylic acid groups (broad SMARTS) is 1. The summed E-state index contributed by atoms with van der Waals surface area (Å²) in [6.45, 7) is 2.18. The Kier molecular flexibility index (Phi) is 5.28. The first-order valence-corrected chi connectivity index (χ1v) is 8.29. The molecule has 5 heteroatoms. The molecule has 0 aromatic carbocycles. The summed E-state index contributed by atoms with van der Waals surface area (Å²) in [5, 5.41) is 10.4. The van der Waals surface area contributed by atoms with E-state index in [4.69, 9.17) is 0 Å². The first-order valence-electron chi connectivity index (χ1n) is 6.61. The van der Waals surface area contributed by atoms with Gasteiger partial charge in [-0.25, -0.2) is 4.98 Å². The number of aromatic nitrogens is 1. The van der Waals surface area contributed by atoms with E-state index < -0.39 is 5.97 Å². The summed E-state index contributed by atoms with van der Waals surface area (Å²) in [5.74, 6) is -0.267. The highest BCUT2D eigenvalue weighted by Gasteiger charge is 2.35. The molecular weight excluding hydrogens is 326 g/mol. The molecular formula is C14H18BrNO2S. The van der Waals surface area contributed by atoms with Crippen LogP contribution in [0, 0.1) is 11.8 Å². The molecule has 3 nitrogen and oxygen atoms in total. The lowest BCUT2D eigenvalue weighted by molar-refractivity contribution is -0.142. The summed E-state index contributed by atoms with van der Waals surface area (Å²) >= 11 is 5.09. The van der Waals surface area contributed by atoms with Gasteiger partial charge >= 0.3 is 5.97 Å². The van der Waals surface area contributed by atoms with Crippen LogP contribution in [0.2, 0.25) is 0 Å². The van der Waals surface area contributed by atoms with Crippen LogP contribution in [0.1, 0.15) is 32.6 Å². The van der Waals surface area contributed by atoms with E-state index in [1.165, 1.54) is 0 Å². The number of rotatable bonds is 4. The summed E-state index contributed by atoms with van der Waals surface area (Å²) in [4.78, 5) is 15.7. The van der Waals surface area contributed by atoms with Gasteiger partial charge in [-0.3, -0.25) is 4.79 Å². The highest BCUT2D eigenvalue weighted by molar-refractivity contribution is 9.10. The third-order valence-corrected chi connectivity index (χ3v) is 6.06. The summed E-state index contributed by atoms with van der Waals surface area (Å²) in [6, 6.07) is 3.82. The average Bonchev–Trinajstić information content (AvgIpc) is 2.41. The first-order chi connectivity index (χ1) is 9.11. The fourth-order valence-corrected chi connectivity index (χ4v) is 4.51. The van der Waals surface area contributed by atoms with Crippen molar-refractivity contribution < 1.29 is 9.90 Å². The number of carbonyl (C=O) groups is 1. The topological polar surface area (TPSA) is 50.2 Å². The van der Waals surface area contributed by atoms with Crippen molar-refractivity contribution in [1.82, 2.24) is 4.98 Å². The molecule has 104 valence electrons. The summed E-state index contributed by atoms with van der Waals surface area (Å²) in [5.41, 5.74) is 0. The van der Waals surface area contributed by atoms with Crippen LogP contribution in [-0.4, -0.2) is 21.3 Å². The van der Waals surface area contributed by atoms with E-state index in [9.17, 15) is 9.90 Å². The highest BCUT2D eigenvalue weighted by Crippen LogP contribution is 2.42. The van der Waals surface area contributed by atoms with Crippen LogP contribution in [0.4, 0.5) is 0 Å². The molecule has 0 bridgehead atoms. The lowest BCUT2D eigenvalue weighted by Crippen LogP contribution is -2.32. The van der Waals surface area contributed by atoms with E-state index in [2.05, 4.69) is 27.8 Å². The molecule has 0 spiro atoms. The van der Waals surface area contributed by atoms with Gasteiger partial charge in [0.05, 0.1) is 5.92 Å². The Morgan fingerprint density at radius 1 is 1.58 bits per heavy atom. The maximum Gasteiger partial charge on any atom is 0.307 e. The minimum absolute atomic E-state index is 0.127. The lowest BCUT2D eigenvalue weighted by Gasteiger charge is -2.33. The quantitative estimate of drug-likeness (QED) is 0.889. The van der Waals surface area contributed by atoms with Crippen LogP contribution in [0.15, 0.2) is 27.8 Å². The first kappa shape index (κ1) is 14.9. The van der Waals surface area contributed by atoms with Gasteiger partial charge in [-0.15, -0.1) is 11.8 Å². The average molecular weight is 344 g/mol. The smallest absolute Gasteiger partial charge is 0.307 e. The largest absolute Gasteiger partial charge is 0.481 e. The standard InChI is InChI=1S/C14H18BrNO2S/c1-2-9-5-6-10(14(17)18)12(8-9)19-13-11(15)4-3-7-16-13/h3-4,7,9-10,12H,2,5-6,8H2,1H3,(H,17,18). The number of aliphatic carboxylic acids is 1. The Balaban J connectivity index is 2.13. The lowest BCUT2D eigenvalue weighted by atomic mass is 9.80. The van der Waals surface area contributed by atoms with Crippen LogP contribution < -0.4 is 0 Å². The second kappa shape index (κ2) is 6.75. The van der Waals surface area contributed by atoms with E-state index in [-0.39, 0.29) is 11.2 Å². The molecule has 1 aliphatic rings. The van der Waals surface area contributed by atoms with Crippen molar-refractivity contribution in [2.75, 3.05) is 0 Å². The Hall–Kier alpha value is -0.550. The van der Waals surface area contributed by atoms with Crippen molar-refractivity contribution in [3.05, 3.63) is 22.8 Å². The molecule has 1 heterocycles. The van der Waals surface area contributed by atoms with Gasteiger partial charge in [-0.2, -0.15) is 0 Å². The predicted octanol–water partition coefficient (Wildman–Crippen LogP) is 4.22. The number of carboxylic acids is 1. The molecule has 0 radical (unpaired) electrons. The number of halogens is 1. The second-order valence-electron chi connectivity index (χ2n) is 4.98. The van der Waals surface area contributed by atoms with Crippen LogP contribution >= 0.6 is 27.7 Å². The van der Waals surface area contributed by atoms with Crippen molar-refractivity contribution in [3.8, 4) is 0 Å². The summed E-state index contributed by atoms with van der Waals surface area (Å²) < 4.78 is 0.947. The number of nitrogens with zero attached hydrogens (tertiary/aromatic N) is 1. The molecule has 1 fully saturated rings. The number of pyridine rings is 1. The van der Waals surface area contributed by atoms with Crippen LogP contribution in [0.25, 0.3) is 0 Å². The van der Waals surface area contributed by atoms with Gasteiger partial charge in [0.1, 0.15) is 5.03 Å². The minimum Gasteiger partial charge on any atom is -0.481 e. The van der Waals surface area contributed by atoms with E-state index in [1.807, 2.05) is 12.1 Å². The zero-order valence-electron chi connectivity index (χ0n) is 10.9. The third kappa shape index (κ3) is 3.72. The normalized spacial score (nSPS) is 27.2. The van der Waals surface area contributed by atoms with E-state index in [0.717, 1.165) is 35.2 Å². The van der Waals surface area contributed by atoms with Gasteiger partial charge in [0, 0.05) is 15.9 Å². The fourth-order valence-electron chi connectivity index (χ4n) is 2.60. The van der Waals surface area contributed by atoms with Crippen molar-refractivity contribution in [3.63, 3.8) is 0 Å². The molecule has 1 N–H and O–H groups in total. The van der Waals surface area contributed by atoms with Crippen LogP contribution in [0.5, 0.6) is 0 Å². The van der Waals surface area contributed by atoms with Crippen molar-refractivity contribution in [2.45, 2.75) is 42.9 Å². The summed E-state index contributed by atoms with van der Waals surface area (Å²) in [7, 11) is 0. The van der Waals surface area contributed by atoms with Gasteiger partial charge < -0.3 is 5.11 Å². The fraction of sp³-hybridized carbons (Fsp3) is 0.571. The molecule has 2 rings (SSSR count). The van der Waals surface area contributed by atoms with Crippen molar-refractivity contribution in [1.29, 1.82) is 0 Å². The van der Waals surface area contributed by atoms with Gasteiger partial charge in [0.2, 0.25) is 0 Å². The molecule has 0 amide bonds. The third-order valence-electron chi connectivity index (χ3n) is 3.78. The van der Waals surface area contributed by atoms with Gasteiger partial charge in [0.25, 0.3) is 0 Å². The molecule has 0 aliphatic heterocycles. The summed E-state index contributed by atoms with van der Waals surface area (Å²) in [6.07, 6.45) is 5.68. The Morgan fingerprint density at radius 2 is 2.37 bits per heavy atom. The number of hydrogen-bond donors (Lipinski definition) is 1. The molecule has 3 atom stereocenters. The van der Waals surface area contributed by atoms with Gasteiger partial charge in [-0.1, -0.05) is 13.3 Å². The molecule has 1 aromatic rings. The number of thioether (sulfide) groups is 1. The van der Waals surface area contributed by atoms with Crippen LogP contribution in [0.3, 0.4) is 0 Å². The molecule has 1 saturated carbocycles. The Labute approximate surface area is 126 Å². The maximum atomic E-state index is 11.4. The van der Waals surface area contributed by atoms with Gasteiger partial charge in [0.15, 0.2) is 0 Å². The molecule has 0 saturated heterocycles. The van der Waals surface area contributed by atoms with E-state index in [1.54, 1.807) is 18.0 Å². The zero-order chi connectivity index (χ0) is 13.8. The zero-order valence-corrected chi connectivity index (χ0v) is 13.3. The molecule has 3 unspecified atom stereocenters. The second-order valence-corrected chi connectivity index (χ2v) is 7.06. The van der Waals surface area contributed by atoms with Crippen molar-refractivity contribution in [2.24, 2.45) is 11.8 Å². The number of hydrogen-bond acceptors (Lipinski definition) is 3. The van der Waals surface area contributed by atoms with E-state index in [0.29, 0.717) is 5.92 Å². The highest BCUT2D eigenvalue weighted by atomic mass is 79.9. The Morgan fingerprint density at radius 3 is 3.00 bits per heavy atom. The SMILES string of the molecule is CCC1CCC(C(=O)O)C(Sc2ncccc2Br)C1. The van der Waals surface area contributed by atoms with Crippen molar-refractivity contribution >= 4 is 33.7 Å². The van der Waals surface area contributed by atoms with E-state index >= 15 is 0 Å². The molecule has 1 aromatic heterocycles. The maximum absolute atomic E-state index is 11.4. The Bertz CT molecular complexity index is 455. The predicted molar refractivity (Wildman–Crippen MR) is 80.3 cm³/mol. The molecule has 19 heavy (non-hydrogen) atoms.